The van der Waals surface area contributed by atoms with Crippen molar-refractivity contribution in [3.8, 4) is 5.69 Å². The molecule has 0 amide bonds. The second-order valence-corrected chi connectivity index (χ2v) is 4.71. The third kappa shape index (κ3) is 2.48. The van der Waals surface area contributed by atoms with Crippen LogP contribution in [0.1, 0.15) is 12.6 Å². The fourth-order valence-corrected chi connectivity index (χ4v) is 1.79. The van der Waals surface area contributed by atoms with E-state index in [9.17, 15) is 0 Å². The van der Waals surface area contributed by atoms with E-state index in [1.165, 1.54) is 0 Å². The minimum absolute atomic E-state index is 0.104. The Kier molecular flexibility index (Phi) is 3.36. The number of nitrogens with zero attached hydrogens (tertiary/aromatic N) is 3. The van der Waals surface area contributed by atoms with Gasteiger partial charge in [0.05, 0.1) is 17.6 Å². The predicted molar refractivity (Wildman–Crippen MR) is 66.4 cm³/mol. The zero-order chi connectivity index (χ0) is 11.5. The maximum atomic E-state index is 5.78. The quantitative estimate of drug-likeness (QED) is 0.935. The van der Waals surface area contributed by atoms with Crippen LogP contribution in [0.4, 0.5) is 0 Å². The molecule has 84 valence electrons. The van der Waals surface area contributed by atoms with Crippen molar-refractivity contribution in [3.05, 3.63) is 40.6 Å². The highest BCUT2D eigenvalue weighted by Crippen LogP contribution is 2.15. The van der Waals surface area contributed by atoms with Gasteiger partial charge in [-0.2, -0.15) is 0 Å². The SMILES string of the molecule is CC(N)Cc1cnnn1-c1ccc(Br)cc1. The van der Waals surface area contributed by atoms with Crippen LogP contribution in [0.2, 0.25) is 0 Å². The van der Waals surface area contributed by atoms with Gasteiger partial charge in [0.25, 0.3) is 0 Å². The van der Waals surface area contributed by atoms with Gasteiger partial charge in [-0.1, -0.05) is 21.1 Å². The van der Waals surface area contributed by atoms with Crippen LogP contribution in [0.5, 0.6) is 0 Å². The first-order chi connectivity index (χ1) is 7.66. The minimum atomic E-state index is 0.104. The number of aromatic nitrogens is 3. The fraction of sp³-hybridized carbons (Fsp3) is 0.273. The van der Waals surface area contributed by atoms with Gasteiger partial charge < -0.3 is 5.73 Å². The van der Waals surface area contributed by atoms with Gasteiger partial charge in [0.15, 0.2) is 0 Å². The van der Waals surface area contributed by atoms with Crippen molar-refractivity contribution >= 4 is 15.9 Å². The summed E-state index contributed by atoms with van der Waals surface area (Å²) in [7, 11) is 0. The Morgan fingerprint density at radius 3 is 2.69 bits per heavy atom. The Hall–Kier alpha value is -1.20. The first kappa shape index (κ1) is 11.3. The molecule has 5 heteroatoms. The molecule has 2 N–H and O–H groups in total. The number of benzene rings is 1. The molecule has 0 spiro atoms. The first-order valence-corrected chi connectivity index (χ1v) is 5.87. The average molecular weight is 281 g/mol. The third-order valence-corrected chi connectivity index (χ3v) is 2.75. The first-order valence-electron chi connectivity index (χ1n) is 5.08. The van der Waals surface area contributed by atoms with E-state index in [4.69, 9.17) is 5.73 Å². The molecular weight excluding hydrogens is 268 g/mol. The van der Waals surface area contributed by atoms with Crippen LogP contribution in [0.3, 0.4) is 0 Å². The normalized spacial score (nSPS) is 12.7. The molecule has 1 heterocycles. The highest BCUT2D eigenvalue weighted by Gasteiger charge is 2.07. The molecule has 0 fully saturated rings. The number of rotatable bonds is 3. The molecule has 1 aromatic heterocycles. The monoisotopic (exact) mass is 280 g/mol. The minimum Gasteiger partial charge on any atom is -0.328 e. The molecule has 2 rings (SSSR count). The van der Waals surface area contributed by atoms with Crippen molar-refractivity contribution in [1.82, 2.24) is 15.0 Å². The third-order valence-electron chi connectivity index (χ3n) is 2.22. The van der Waals surface area contributed by atoms with E-state index in [1.807, 2.05) is 35.9 Å². The van der Waals surface area contributed by atoms with Gasteiger partial charge >= 0.3 is 0 Å². The van der Waals surface area contributed by atoms with E-state index in [0.29, 0.717) is 0 Å². The molecular formula is C11H13BrN4. The maximum Gasteiger partial charge on any atom is 0.0730 e. The van der Waals surface area contributed by atoms with E-state index >= 15 is 0 Å². The summed E-state index contributed by atoms with van der Waals surface area (Å²) in [4.78, 5) is 0. The van der Waals surface area contributed by atoms with Crippen LogP contribution in [-0.4, -0.2) is 21.0 Å². The highest BCUT2D eigenvalue weighted by molar-refractivity contribution is 9.10. The second kappa shape index (κ2) is 4.76. The maximum absolute atomic E-state index is 5.78. The Morgan fingerprint density at radius 1 is 1.38 bits per heavy atom. The molecule has 0 saturated heterocycles. The van der Waals surface area contributed by atoms with Gasteiger partial charge in [0.1, 0.15) is 0 Å². The molecule has 1 unspecified atom stereocenters. The summed E-state index contributed by atoms with van der Waals surface area (Å²) in [5.74, 6) is 0. The largest absolute Gasteiger partial charge is 0.328 e. The lowest BCUT2D eigenvalue weighted by atomic mass is 10.2. The zero-order valence-electron chi connectivity index (χ0n) is 8.97. The number of hydrogen-bond donors (Lipinski definition) is 1. The van der Waals surface area contributed by atoms with Crippen LogP contribution in [-0.2, 0) is 6.42 Å². The Bertz CT molecular complexity index is 461. The van der Waals surface area contributed by atoms with Crippen molar-refractivity contribution < 1.29 is 0 Å². The van der Waals surface area contributed by atoms with Gasteiger partial charge in [0.2, 0.25) is 0 Å². The summed E-state index contributed by atoms with van der Waals surface area (Å²) in [6.07, 6.45) is 2.52. The predicted octanol–water partition coefficient (Wildman–Crippen LogP) is 1.92. The van der Waals surface area contributed by atoms with Crippen molar-refractivity contribution in [2.24, 2.45) is 5.73 Å². The van der Waals surface area contributed by atoms with Crippen LogP contribution in [0.15, 0.2) is 34.9 Å². The Morgan fingerprint density at radius 2 is 2.06 bits per heavy atom. The lowest BCUT2D eigenvalue weighted by molar-refractivity contribution is 0.682. The van der Waals surface area contributed by atoms with Crippen molar-refractivity contribution in [3.63, 3.8) is 0 Å². The van der Waals surface area contributed by atoms with Crippen molar-refractivity contribution in [2.75, 3.05) is 0 Å². The van der Waals surface area contributed by atoms with Crippen LogP contribution in [0.25, 0.3) is 5.69 Å². The number of halogens is 1. The van der Waals surface area contributed by atoms with Crippen molar-refractivity contribution in [2.45, 2.75) is 19.4 Å². The smallest absolute Gasteiger partial charge is 0.0730 e. The standard InChI is InChI=1S/C11H13BrN4/c1-8(13)6-11-7-14-15-16(11)10-4-2-9(12)3-5-10/h2-5,7-8H,6,13H2,1H3. The molecule has 0 aliphatic heterocycles. The van der Waals surface area contributed by atoms with E-state index in [1.54, 1.807) is 6.20 Å². The molecule has 16 heavy (non-hydrogen) atoms. The summed E-state index contributed by atoms with van der Waals surface area (Å²) in [6.45, 7) is 1.97. The molecule has 4 nitrogen and oxygen atoms in total. The topological polar surface area (TPSA) is 56.7 Å². The van der Waals surface area contributed by atoms with Gasteiger partial charge in [-0.05, 0) is 31.2 Å². The van der Waals surface area contributed by atoms with E-state index in [-0.39, 0.29) is 6.04 Å². The number of nitrogens with two attached hydrogens (primary N) is 1. The molecule has 1 atom stereocenters. The molecule has 0 aliphatic carbocycles. The summed E-state index contributed by atoms with van der Waals surface area (Å²) in [5.41, 5.74) is 7.80. The molecule has 0 bridgehead atoms. The summed E-state index contributed by atoms with van der Waals surface area (Å²) in [6, 6.07) is 8.04. The van der Waals surface area contributed by atoms with Crippen LogP contribution < -0.4 is 5.73 Å². The van der Waals surface area contributed by atoms with E-state index in [0.717, 1.165) is 22.3 Å². The van der Waals surface area contributed by atoms with E-state index in [2.05, 4.69) is 26.2 Å². The molecule has 2 aromatic rings. The lowest BCUT2D eigenvalue weighted by Gasteiger charge is -2.08. The van der Waals surface area contributed by atoms with E-state index < -0.39 is 0 Å². The lowest BCUT2D eigenvalue weighted by Crippen LogP contribution is -2.19. The Labute approximate surface area is 103 Å². The summed E-state index contributed by atoms with van der Waals surface area (Å²) < 4.78 is 2.86. The second-order valence-electron chi connectivity index (χ2n) is 3.79. The van der Waals surface area contributed by atoms with Gasteiger partial charge in [-0.25, -0.2) is 4.68 Å². The van der Waals surface area contributed by atoms with Gasteiger partial charge in [0, 0.05) is 16.9 Å². The number of hydrogen-bond acceptors (Lipinski definition) is 3. The van der Waals surface area contributed by atoms with Crippen LogP contribution >= 0.6 is 15.9 Å². The zero-order valence-corrected chi connectivity index (χ0v) is 10.6. The van der Waals surface area contributed by atoms with Gasteiger partial charge in [-0.15, -0.1) is 5.10 Å². The van der Waals surface area contributed by atoms with Gasteiger partial charge in [-0.3, -0.25) is 0 Å². The summed E-state index contributed by atoms with van der Waals surface area (Å²) in [5, 5.41) is 7.98. The molecule has 0 saturated carbocycles. The van der Waals surface area contributed by atoms with Crippen molar-refractivity contribution in [1.29, 1.82) is 0 Å². The highest BCUT2D eigenvalue weighted by atomic mass is 79.9. The fourth-order valence-electron chi connectivity index (χ4n) is 1.53. The Balaban J connectivity index is 2.33. The molecule has 0 radical (unpaired) electrons. The summed E-state index contributed by atoms with van der Waals surface area (Å²) >= 11 is 3.40. The molecule has 0 aliphatic rings. The average Bonchev–Trinajstić information content (AvgIpc) is 2.66. The van der Waals surface area contributed by atoms with Crippen LogP contribution in [0, 0.1) is 0 Å². The molecule has 1 aromatic carbocycles.